The van der Waals surface area contributed by atoms with E-state index in [9.17, 15) is 9.59 Å². The molecular formula is C29H32N2O3. The molecule has 3 aromatic carbocycles. The Morgan fingerprint density at radius 3 is 2.03 bits per heavy atom. The molecule has 1 aliphatic rings. The van der Waals surface area contributed by atoms with Gasteiger partial charge in [-0.25, -0.2) is 0 Å². The first-order valence-electron chi connectivity index (χ1n) is 11.7. The molecule has 0 saturated carbocycles. The first-order valence-corrected chi connectivity index (χ1v) is 11.7. The Labute approximate surface area is 201 Å². The Morgan fingerprint density at radius 2 is 1.47 bits per heavy atom. The zero-order valence-corrected chi connectivity index (χ0v) is 20.5. The minimum atomic E-state index is -0.385. The summed E-state index contributed by atoms with van der Waals surface area (Å²) in [4.78, 5) is 27.3. The summed E-state index contributed by atoms with van der Waals surface area (Å²) in [6.07, 6.45) is 0.214. The SMILES string of the molecule is Cc1cccc(C)c1N1C[C@@H](C(=O)Nc2ccc(Oc3ccc(C(C)(C)C)cc3)cc2)CC1=O. The van der Waals surface area contributed by atoms with E-state index < -0.39 is 0 Å². The van der Waals surface area contributed by atoms with Gasteiger partial charge in [0.05, 0.1) is 5.92 Å². The molecule has 1 heterocycles. The standard InChI is InChI=1S/C29H32N2O3/c1-19-7-6-8-20(2)27(19)31-18-21(17-26(31)32)28(33)30-23-11-15-25(16-12-23)34-24-13-9-22(10-14-24)29(3,4)5/h6-16,21H,17-18H2,1-5H3,(H,30,33)/t21-/m0/s1. The Balaban J connectivity index is 1.37. The molecule has 0 aromatic heterocycles. The van der Waals surface area contributed by atoms with Gasteiger partial charge in [-0.2, -0.15) is 0 Å². The number of hydrogen-bond donors (Lipinski definition) is 1. The predicted octanol–water partition coefficient (Wildman–Crippen LogP) is 6.38. The summed E-state index contributed by atoms with van der Waals surface area (Å²) in [7, 11) is 0. The number of benzene rings is 3. The second kappa shape index (κ2) is 9.34. The van der Waals surface area contributed by atoms with Gasteiger partial charge < -0.3 is 15.0 Å². The average Bonchev–Trinajstić information content (AvgIpc) is 3.16. The second-order valence-electron chi connectivity index (χ2n) is 10.0. The van der Waals surface area contributed by atoms with Crippen molar-refractivity contribution in [3.05, 3.63) is 83.4 Å². The fourth-order valence-electron chi connectivity index (χ4n) is 4.34. The highest BCUT2D eigenvalue weighted by molar-refractivity contribution is 6.04. The third-order valence-corrected chi connectivity index (χ3v) is 6.28. The normalized spacial score (nSPS) is 16.0. The quantitative estimate of drug-likeness (QED) is 0.484. The van der Waals surface area contributed by atoms with E-state index in [1.54, 1.807) is 4.90 Å². The number of carbonyl (C=O) groups excluding carboxylic acids is 2. The fraction of sp³-hybridized carbons (Fsp3) is 0.310. The first-order chi connectivity index (χ1) is 16.1. The van der Waals surface area contributed by atoms with Crippen LogP contribution in [-0.2, 0) is 15.0 Å². The van der Waals surface area contributed by atoms with Crippen LogP contribution < -0.4 is 15.0 Å². The van der Waals surface area contributed by atoms with Gasteiger partial charge in [-0.1, -0.05) is 51.1 Å². The number of amides is 2. The highest BCUT2D eigenvalue weighted by Gasteiger charge is 2.36. The van der Waals surface area contributed by atoms with Crippen LogP contribution >= 0.6 is 0 Å². The van der Waals surface area contributed by atoms with E-state index in [2.05, 4.69) is 38.2 Å². The largest absolute Gasteiger partial charge is 0.457 e. The molecule has 1 fully saturated rings. The molecule has 5 heteroatoms. The van der Waals surface area contributed by atoms with E-state index in [1.165, 1.54) is 5.56 Å². The molecule has 0 unspecified atom stereocenters. The molecule has 5 nitrogen and oxygen atoms in total. The Kier molecular flexibility index (Phi) is 6.47. The summed E-state index contributed by atoms with van der Waals surface area (Å²) in [5.74, 6) is 0.913. The van der Waals surface area contributed by atoms with Crippen molar-refractivity contribution in [2.45, 2.75) is 46.5 Å². The van der Waals surface area contributed by atoms with E-state index in [0.29, 0.717) is 18.0 Å². The minimum absolute atomic E-state index is 0.0150. The number of anilines is 2. The maximum atomic E-state index is 12.9. The Hall–Kier alpha value is -3.60. The molecule has 1 saturated heterocycles. The van der Waals surface area contributed by atoms with Gasteiger partial charge in [0.15, 0.2) is 0 Å². The van der Waals surface area contributed by atoms with Gasteiger partial charge in [0.2, 0.25) is 11.8 Å². The third-order valence-electron chi connectivity index (χ3n) is 6.28. The van der Waals surface area contributed by atoms with Gasteiger partial charge in [0.25, 0.3) is 0 Å². The van der Waals surface area contributed by atoms with Crippen LogP contribution in [0.15, 0.2) is 66.7 Å². The lowest BCUT2D eigenvalue weighted by molar-refractivity contribution is -0.122. The second-order valence-corrected chi connectivity index (χ2v) is 10.0. The molecular weight excluding hydrogens is 424 g/mol. The van der Waals surface area contributed by atoms with Gasteiger partial charge in [-0.3, -0.25) is 9.59 Å². The Morgan fingerprint density at radius 1 is 0.912 bits per heavy atom. The maximum absolute atomic E-state index is 12.9. The van der Waals surface area contributed by atoms with Crippen molar-refractivity contribution in [1.29, 1.82) is 0 Å². The zero-order chi connectivity index (χ0) is 24.5. The molecule has 2 amide bonds. The van der Waals surface area contributed by atoms with Crippen LogP contribution in [0.5, 0.6) is 11.5 Å². The molecule has 1 aliphatic heterocycles. The number of para-hydroxylation sites is 1. The molecule has 0 radical (unpaired) electrons. The van der Waals surface area contributed by atoms with Crippen molar-refractivity contribution in [3.63, 3.8) is 0 Å². The number of rotatable bonds is 5. The lowest BCUT2D eigenvalue weighted by Gasteiger charge is -2.21. The predicted molar refractivity (Wildman–Crippen MR) is 137 cm³/mol. The summed E-state index contributed by atoms with van der Waals surface area (Å²) in [6, 6.07) is 21.3. The van der Waals surface area contributed by atoms with Crippen molar-refractivity contribution >= 4 is 23.2 Å². The van der Waals surface area contributed by atoms with Crippen LogP contribution in [0.1, 0.15) is 43.9 Å². The molecule has 0 spiro atoms. The lowest BCUT2D eigenvalue weighted by Crippen LogP contribution is -2.29. The summed E-state index contributed by atoms with van der Waals surface area (Å²) in [6.45, 7) is 10.9. The van der Waals surface area contributed by atoms with Gasteiger partial charge >= 0.3 is 0 Å². The summed E-state index contributed by atoms with van der Waals surface area (Å²) >= 11 is 0. The molecule has 0 bridgehead atoms. The number of carbonyl (C=O) groups is 2. The van der Waals surface area contributed by atoms with Gasteiger partial charge in [0.1, 0.15) is 11.5 Å². The zero-order valence-electron chi connectivity index (χ0n) is 20.5. The number of ether oxygens (including phenoxy) is 1. The van der Waals surface area contributed by atoms with Crippen molar-refractivity contribution in [1.82, 2.24) is 0 Å². The highest BCUT2D eigenvalue weighted by atomic mass is 16.5. The van der Waals surface area contributed by atoms with Crippen LogP contribution in [0, 0.1) is 19.8 Å². The Bertz CT molecular complexity index is 1170. The smallest absolute Gasteiger partial charge is 0.229 e. The van der Waals surface area contributed by atoms with E-state index in [0.717, 1.165) is 22.6 Å². The number of hydrogen-bond acceptors (Lipinski definition) is 3. The number of nitrogens with one attached hydrogen (secondary N) is 1. The van der Waals surface area contributed by atoms with Gasteiger partial charge in [-0.05, 0) is 72.4 Å². The summed E-state index contributed by atoms with van der Waals surface area (Å²) < 4.78 is 5.94. The number of nitrogens with zero attached hydrogens (tertiary/aromatic N) is 1. The van der Waals surface area contributed by atoms with Crippen LogP contribution in [0.3, 0.4) is 0 Å². The van der Waals surface area contributed by atoms with E-state index in [1.807, 2.05) is 68.4 Å². The molecule has 176 valence electrons. The molecule has 0 aliphatic carbocycles. The van der Waals surface area contributed by atoms with Crippen LogP contribution in [-0.4, -0.2) is 18.4 Å². The summed E-state index contributed by atoms with van der Waals surface area (Å²) in [5.41, 5.74) is 5.02. The lowest BCUT2D eigenvalue weighted by atomic mass is 9.87. The van der Waals surface area contributed by atoms with E-state index in [-0.39, 0.29) is 29.6 Å². The molecule has 3 aromatic rings. The van der Waals surface area contributed by atoms with E-state index in [4.69, 9.17) is 4.74 Å². The summed E-state index contributed by atoms with van der Waals surface area (Å²) in [5, 5.41) is 2.95. The van der Waals surface area contributed by atoms with Crippen molar-refractivity contribution in [2.24, 2.45) is 5.92 Å². The average molecular weight is 457 g/mol. The van der Waals surface area contributed by atoms with Crippen LogP contribution in [0.4, 0.5) is 11.4 Å². The van der Waals surface area contributed by atoms with Crippen molar-refractivity contribution in [3.8, 4) is 11.5 Å². The third kappa shape index (κ3) is 5.14. The van der Waals surface area contributed by atoms with Crippen molar-refractivity contribution < 1.29 is 14.3 Å². The topological polar surface area (TPSA) is 58.6 Å². The van der Waals surface area contributed by atoms with Gasteiger partial charge in [-0.15, -0.1) is 0 Å². The molecule has 1 N–H and O–H groups in total. The maximum Gasteiger partial charge on any atom is 0.229 e. The van der Waals surface area contributed by atoms with Crippen molar-refractivity contribution in [2.75, 3.05) is 16.8 Å². The number of aryl methyl sites for hydroxylation is 2. The first kappa shape index (κ1) is 23.6. The van der Waals surface area contributed by atoms with Gasteiger partial charge in [0, 0.05) is 24.3 Å². The molecule has 34 heavy (non-hydrogen) atoms. The molecule has 1 atom stereocenters. The van der Waals surface area contributed by atoms with Crippen LogP contribution in [0.2, 0.25) is 0 Å². The van der Waals surface area contributed by atoms with E-state index >= 15 is 0 Å². The highest BCUT2D eigenvalue weighted by Crippen LogP contribution is 2.32. The fourth-order valence-corrected chi connectivity index (χ4v) is 4.34. The molecule has 4 rings (SSSR count). The monoisotopic (exact) mass is 456 g/mol. The van der Waals surface area contributed by atoms with Crippen LogP contribution in [0.25, 0.3) is 0 Å². The minimum Gasteiger partial charge on any atom is -0.457 e.